The molecule has 2 aromatic rings. The zero-order valence-corrected chi connectivity index (χ0v) is 15.2. The Labute approximate surface area is 144 Å². The summed E-state index contributed by atoms with van der Waals surface area (Å²) in [4.78, 5) is 12.2. The smallest absolute Gasteiger partial charge is 0.237 e. The van der Waals surface area contributed by atoms with Crippen molar-refractivity contribution in [2.24, 2.45) is 11.7 Å². The lowest BCUT2D eigenvalue weighted by molar-refractivity contribution is -0.124. The third-order valence-electron chi connectivity index (χ3n) is 4.57. The number of carbonyl (C=O) groups excluding carboxylic acids is 1. The Morgan fingerprint density at radius 3 is 2.38 bits per heavy atom. The minimum atomic E-state index is -0.466. The molecule has 1 aromatic heterocycles. The van der Waals surface area contributed by atoms with Gasteiger partial charge in [0.05, 0.1) is 23.5 Å². The Bertz CT molecular complexity index is 690. The monoisotopic (exact) mass is 328 g/mol. The largest absolute Gasteiger partial charge is 0.348 e. The highest BCUT2D eigenvalue weighted by molar-refractivity contribution is 5.82. The normalized spacial score (nSPS) is 14.9. The minimum Gasteiger partial charge on any atom is -0.348 e. The summed E-state index contributed by atoms with van der Waals surface area (Å²) in [5.41, 5.74) is 10.1. The van der Waals surface area contributed by atoms with E-state index in [0.29, 0.717) is 0 Å². The molecule has 3 N–H and O–H groups in total. The van der Waals surface area contributed by atoms with Gasteiger partial charge in [-0.1, -0.05) is 32.4 Å². The van der Waals surface area contributed by atoms with Crippen LogP contribution >= 0.6 is 0 Å². The molecule has 0 bridgehead atoms. The number of aryl methyl sites for hydroxylation is 2. The molecule has 5 heteroatoms. The fourth-order valence-corrected chi connectivity index (χ4v) is 2.70. The van der Waals surface area contributed by atoms with E-state index < -0.39 is 6.04 Å². The topological polar surface area (TPSA) is 72.9 Å². The van der Waals surface area contributed by atoms with E-state index in [-0.39, 0.29) is 17.9 Å². The van der Waals surface area contributed by atoms with Gasteiger partial charge in [0.2, 0.25) is 5.91 Å². The van der Waals surface area contributed by atoms with Crippen molar-refractivity contribution in [3.05, 3.63) is 47.3 Å². The standard InChI is InChI=1S/C19H28N4O/c1-6-12(2)18(20)19(24)21-15(5)16-7-9-17(10-8-16)23-14(4)11-13(3)22-23/h7-12,15,18H,6,20H2,1-5H3,(H,21,24). The van der Waals surface area contributed by atoms with Gasteiger partial charge < -0.3 is 11.1 Å². The number of nitrogens with two attached hydrogens (primary N) is 1. The van der Waals surface area contributed by atoms with E-state index >= 15 is 0 Å². The molecule has 5 nitrogen and oxygen atoms in total. The molecular formula is C19H28N4O. The summed E-state index contributed by atoms with van der Waals surface area (Å²) >= 11 is 0. The quantitative estimate of drug-likeness (QED) is 0.856. The number of hydrogen-bond acceptors (Lipinski definition) is 3. The van der Waals surface area contributed by atoms with E-state index in [4.69, 9.17) is 5.73 Å². The molecule has 1 aromatic carbocycles. The summed E-state index contributed by atoms with van der Waals surface area (Å²) in [5, 5.41) is 7.49. The number of nitrogens with zero attached hydrogens (tertiary/aromatic N) is 2. The van der Waals surface area contributed by atoms with Gasteiger partial charge in [-0.2, -0.15) is 5.10 Å². The predicted molar refractivity (Wildman–Crippen MR) is 97.0 cm³/mol. The SMILES string of the molecule is CCC(C)C(N)C(=O)NC(C)c1ccc(-n2nc(C)cc2C)cc1. The number of nitrogens with one attached hydrogen (secondary N) is 1. The van der Waals surface area contributed by atoms with Crippen molar-refractivity contribution in [3.8, 4) is 5.69 Å². The van der Waals surface area contributed by atoms with Crippen LogP contribution in [0, 0.1) is 19.8 Å². The Balaban J connectivity index is 2.07. The fourth-order valence-electron chi connectivity index (χ4n) is 2.70. The minimum absolute atomic E-state index is 0.0814. The number of hydrogen-bond donors (Lipinski definition) is 2. The van der Waals surface area contributed by atoms with Crippen LogP contribution in [-0.4, -0.2) is 21.7 Å². The van der Waals surface area contributed by atoms with Gasteiger partial charge in [-0.25, -0.2) is 4.68 Å². The Morgan fingerprint density at radius 1 is 1.25 bits per heavy atom. The number of carbonyl (C=O) groups is 1. The van der Waals surface area contributed by atoms with Crippen molar-refractivity contribution in [3.63, 3.8) is 0 Å². The first-order valence-corrected chi connectivity index (χ1v) is 8.53. The van der Waals surface area contributed by atoms with Gasteiger partial charge in [-0.15, -0.1) is 0 Å². The van der Waals surface area contributed by atoms with E-state index in [1.807, 2.05) is 69.6 Å². The zero-order valence-electron chi connectivity index (χ0n) is 15.2. The van der Waals surface area contributed by atoms with Gasteiger partial charge in [0, 0.05) is 5.69 Å². The van der Waals surface area contributed by atoms with Gasteiger partial charge in [-0.3, -0.25) is 4.79 Å². The lowest BCUT2D eigenvalue weighted by atomic mass is 9.98. The van der Waals surface area contributed by atoms with Crippen molar-refractivity contribution in [2.45, 2.75) is 53.1 Å². The zero-order chi connectivity index (χ0) is 17.9. The summed E-state index contributed by atoms with van der Waals surface area (Å²) < 4.78 is 1.92. The van der Waals surface area contributed by atoms with Crippen molar-refractivity contribution >= 4 is 5.91 Å². The molecule has 0 aliphatic rings. The number of aromatic nitrogens is 2. The summed E-state index contributed by atoms with van der Waals surface area (Å²) in [6, 6.07) is 9.58. The van der Waals surface area contributed by atoms with Crippen molar-refractivity contribution in [1.82, 2.24) is 15.1 Å². The van der Waals surface area contributed by atoms with E-state index in [9.17, 15) is 4.79 Å². The molecule has 24 heavy (non-hydrogen) atoms. The second-order valence-electron chi connectivity index (χ2n) is 6.57. The number of benzene rings is 1. The fraction of sp³-hybridized carbons (Fsp3) is 0.474. The molecule has 0 aliphatic carbocycles. The van der Waals surface area contributed by atoms with Crippen LogP contribution in [0.15, 0.2) is 30.3 Å². The molecule has 3 atom stereocenters. The highest BCUT2D eigenvalue weighted by Gasteiger charge is 2.21. The molecule has 1 amide bonds. The van der Waals surface area contributed by atoms with Crippen LogP contribution in [0.5, 0.6) is 0 Å². The van der Waals surface area contributed by atoms with Crippen LogP contribution in [0.2, 0.25) is 0 Å². The van der Waals surface area contributed by atoms with E-state index in [1.54, 1.807) is 0 Å². The molecule has 130 valence electrons. The van der Waals surface area contributed by atoms with E-state index in [1.165, 1.54) is 0 Å². The first-order valence-electron chi connectivity index (χ1n) is 8.53. The second-order valence-corrected chi connectivity index (χ2v) is 6.57. The van der Waals surface area contributed by atoms with Gasteiger partial charge >= 0.3 is 0 Å². The molecule has 0 spiro atoms. The molecule has 0 fully saturated rings. The van der Waals surface area contributed by atoms with Gasteiger partial charge in [0.1, 0.15) is 0 Å². The van der Waals surface area contributed by atoms with Gasteiger partial charge in [0.15, 0.2) is 0 Å². The third kappa shape index (κ3) is 4.03. The van der Waals surface area contributed by atoms with Crippen LogP contribution in [0.4, 0.5) is 0 Å². The Morgan fingerprint density at radius 2 is 1.88 bits per heavy atom. The maximum absolute atomic E-state index is 12.2. The molecule has 1 heterocycles. The van der Waals surface area contributed by atoms with Crippen LogP contribution in [0.25, 0.3) is 5.69 Å². The average Bonchev–Trinajstić information content (AvgIpc) is 2.91. The third-order valence-corrected chi connectivity index (χ3v) is 4.57. The van der Waals surface area contributed by atoms with Crippen molar-refractivity contribution in [2.75, 3.05) is 0 Å². The molecular weight excluding hydrogens is 300 g/mol. The first-order chi connectivity index (χ1) is 11.3. The van der Waals surface area contributed by atoms with Crippen LogP contribution in [0.3, 0.4) is 0 Å². The summed E-state index contributed by atoms with van der Waals surface area (Å²) in [7, 11) is 0. The highest BCUT2D eigenvalue weighted by Crippen LogP contribution is 2.18. The molecule has 0 radical (unpaired) electrons. The lowest BCUT2D eigenvalue weighted by Gasteiger charge is -2.21. The van der Waals surface area contributed by atoms with E-state index in [2.05, 4.69) is 10.4 Å². The molecule has 3 unspecified atom stereocenters. The molecule has 0 saturated carbocycles. The van der Waals surface area contributed by atoms with Crippen molar-refractivity contribution < 1.29 is 4.79 Å². The number of rotatable bonds is 6. The first kappa shape index (κ1) is 18.2. The van der Waals surface area contributed by atoms with Crippen LogP contribution < -0.4 is 11.1 Å². The van der Waals surface area contributed by atoms with Crippen LogP contribution in [-0.2, 0) is 4.79 Å². The van der Waals surface area contributed by atoms with Crippen LogP contribution in [0.1, 0.15) is 50.2 Å². The molecule has 2 rings (SSSR count). The maximum atomic E-state index is 12.2. The van der Waals surface area contributed by atoms with Gasteiger partial charge in [0.25, 0.3) is 0 Å². The van der Waals surface area contributed by atoms with Gasteiger partial charge in [-0.05, 0) is 50.5 Å². The summed E-state index contributed by atoms with van der Waals surface area (Å²) in [6.07, 6.45) is 0.889. The predicted octanol–water partition coefficient (Wildman–Crippen LogP) is 3.04. The Kier molecular flexibility index (Phi) is 5.78. The lowest BCUT2D eigenvalue weighted by Crippen LogP contribution is -2.45. The van der Waals surface area contributed by atoms with E-state index in [0.717, 1.165) is 29.1 Å². The molecule has 0 saturated heterocycles. The Hall–Kier alpha value is -2.14. The summed E-state index contributed by atoms with van der Waals surface area (Å²) in [5.74, 6) is 0.0741. The second kappa shape index (κ2) is 7.62. The number of amides is 1. The maximum Gasteiger partial charge on any atom is 0.237 e. The highest BCUT2D eigenvalue weighted by atomic mass is 16.2. The average molecular weight is 328 g/mol. The van der Waals surface area contributed by atoms with Crippen molar-refractivity contribution in [1.29, 1.82) is 0 Å². The summed E-state index contributed by atoms with van der Waals surface area (Å²) in [6.45, 7) is 10.0. The molecule has 0 aliphatic heterocycles.